The Balaban J connectivity index is 2.33. The molecule has 0 atom stereocenters. The largest absolute Gasteiger partial charge is 0.349 e. The maximum Gasteiger partial charge on any atom is 0.274 e. The second-order valence-electron chi connectivity index (χ2n) is 3.59. The number of para-hydroxylation sites is 1. The highest BCUT2D eigenvalue weighted by Crippen LogP contribution is 2.18. The van der Waals surface area contributed by atoms with Gasteiger partial charge in [-0.2, -0.15) is 0 Å². The molecular weight excluding hydrogens is 220 g/mol. The molecule has 1 aromatic heterocycles. The molecule has 2 rings (SSSR count). The number of pyridine rings is 1. The van der Waals surface area contributed by atoms with E-state index in [9.17, 15) is 14.9 Å². The van der Waals surface area contributed by atoms with Gasteiger partial charge in [0.1, 0.15) is 0 Å². The summed E-state index contributed by atoms with van der Waals surface area (Å²) >= 11 is 0. The first-order valence-corrected chi connectivity index (χ1v) is 5.05. The van der Waals surface area contributed by atoms with E-state index in [1.165, 1.54) is 18.2 Å². The molecule has 1 aromatic carbocycles. The second-order valence-corrected chi connectivity index (χ2v) is 3.59. The minimum absolute atomic E-state index is 0.0798. The van der Waals surface area contributed by atoms with Gasteiger partial charge in [0, 0.05) is 36.2 Å². The van der Waals surface area contributed by atoms with E-state index in [0.717, 1.165) is 0 Å². The Hall–Kier alpha value is -2.43. The third-order valence-corrected chi connectivity index (χ3v) is 2.40. The third kappa shape index (κ3) is 2.57. The Morgan fingerprint density at radius 3 is 2.41 bits per heavy atom. The van der Waals surface area contributed by atoms with Gasteiger partial charge in [-0.25, -0.2) is 0 Å². The molecule has 0 saturated carbocycles. The molecule has 0 N–H and O–H groups in total. The molecule has 0 aliphatic carbocycles. The maximum absolute atomic E-state index is 10.9. The summed E-state index contributed by atoms with van der Waals surface area (Å²) in [5.74, 6) is 0. The maximum atomic E-state index is 10.9. The number of aromatic nitrogens is 1. The van der Waals surface area contributed by atoms with Crippen molar-refractivity contribution in [3.63, 3.8) is 0 Å². The standard InChI is InChI=1S/C12H10N2O3/c15-11-5-7-13(8-6-11)9-10-3-1-2-4-12(10)14(16)17/h1-8H,9H2. The normalized spacial score (nSPS) is 10.1. The zero-order valence-electron chi connectivity index (χ0n) is 8.95. The molecule has 0 bridgehead atoms. The predicted octanol–water partition coefficient (Wildman–Crippen LogP) is 1.80. The van der Waals surface area contributed by atoms with Crippen LogP contribution in [0.5, 0.6) is 0 Å². The molecule has 0 fully saturated rings. The van der Waals surface area contributed by atoms with E-state index in [1.807, 2.05) is 0 Å². The van der Waals surface area contributed by atoms with Crippen LogP contribution in [-0.4, -0.2) is 9.49 Å². The van der Waals surface area contributed by atoms with Crippen LogP contribution >= 0.6 is 0 Å². The average Bonchev–Trinajstić information content (AvgIpc) is 2.32. The number of rotatable bonds is 3. The van der Waals surface area contributed by atoms with E-state index in [2.05, 4.69) is 0 Å². The number of nitrogens with zero attached hydrogens (tertiary/aromatic N) is 2. The van der Waals surface area contributed by atoms with Gasteiger partial charge >= 0.3 is 0 Å². The van der Waals surface area contributed by atoms with Crippen LogP contribution in [0, 0.1) is 10.1 Å². The Morgan fingerprint density at radius 2 is 1.76 bits per heavy atom. The quantitative estimate of drug-likeness (QED) is 0.596. The van der Waals surface area contributed by atoms with Crippen molar-refractivity contribution in [3.05, 3.63) is 74.7 Å². The summed E-state index contributed by atoms with van der Waals surface area (Å²) in [6, 6.07) is 9.41. The number of nitro groups is 1. The highest BCUT2D eigenvalue weighted by Gasteiger charge is 2.11. The van der Waals surface area contributed by atoms with Crippen molar-refractivity contribution in [1.82, 2.24) is 4.57 Å². The molecule has 0 amide bonds. The van der Waals surface area contributed by atoms with Crippen molar-refractivity contribution < 1.29 is 4.92 Å². The first-order chi connectivity index (χ1) is 8.16. The topological polar surface area (TPSA) is 65.1 Å². The molecule has 0 unspecified atom stereocenters. The third-order valence-electron chi connectivity index (χ3n) is 2.40. The lowest BCUT2D eigenvalue weighted by molar-refractivity contribution is -0.385. The van der Waals surface area contributed by atoms with E-state index in [1.54, 1.807) is 35.2 Å². The Morgan fingerprint density at radius 1 is 1.12 bits per heavy atom. The second kappa shape index (κ2) is 4.61. The summed E-state index contributed by atoms with van der Waals surface area (Å²) in [5, 5.41) is 10.8. The summed E-state index contributed by atoms with van der Waals surface area (Å²) in [5.41, 5.74) is 0.621. The van der Waals surface area contributed by atoms with Crippen LogP contribution in [0.2, 0.25) is 0 Å². The predicted molar refractivity (Wildman–Crippen MR) is 62.9 cm³/mol. The van der Waals surface area contributed by atoms with Gasteiger partial charge in [-0.05, 0) is 0 Å². The molecule has 0 radical (unpaired) electrons. The molecule has 0 aliphatic heterocycles. The highest BCUT2D eigenvalue weighted by atomic mass is 16.6. The van der Waals surface area contributed by atoms with E-state index >= 15 is 0 Å². The van der Waals surface area contributed by atoms with Gasteiger partial charge in [-0.1, -0.05) is 18.2 Å². The van der Waals surface area contributed by atoms with Gasteiger partial charge in [0.2, 0.25) is 0 Å². The molecule has 0 spiro atoms. The fraction of sp³-hybridized carbons (Fsp3) is 0.0833. The van der Waals surface area contributed by atoms with E-state index in [4.69, 9.17) is 0 Å². The van der Waals surface area contributed by atoms with Crippen molar-refractivity contribution in [1.29, 1.82) is 0 Å². The zero-order chi connectivity index (χ0) is 12.3. The molecule has 2 aromatic rings. The van der Waals surface area contributed by atoms with Gasteiger partial charge in [0.15, 0.2) is 5.43 Å². The first-order valence-electron chi connectivity index (χ1n) is 5.05. The molecule has 17 heavy (non-hydrogen) atoms. The summed E-state index contributed by atoms with van der Waals surface area (Å²) in [6.07, 6.45) is 3.22. The van der Waals surface area contributed by atoms with E-state index < -0.39 is 4.92 Å². The van der Waals surface area contributed by atoms with E-state index in [0.29, 0.717) is 12.1 Å². The Kier molecular flexibility index (Phi) is 3.00. The minimum atomic E-state index is -0.405. The number of hydrogen-bond donors (Lipinski definition) is 0. The highest BCUT2D eigenvalue weighted by molar-refractivity contribution is 5.39. The Bertz CT molecular complexity index is 584. The van der Waals surface area contributed by atoms with Crippen molar-refractivity contribution in [2.75, 3.05) is 0 Å². The van der Waals surface area contributed by atoms with Crippen LogP contribution in [0.25, 0.3) is 0 Å². The molecular formula is C12H10N2O3. The smallest absolute Gasteiger partial charge is 0.274 e. The van der Waals surface area contributed by atoms with Gasteiger partial charge in [-0.3, -0.25) is 14.9 Å². The van der Waals surface area contributed by atoms with Gasteiger partial charge in [0.25, 0.3) is 5.69 Å². The number of nitro benzene ring substituents is 1. The molecule has 5 nitrogen and oxygen atoms in total. The average molecular weight is 230 g/mol. The monoisotopic (exact) mass is 230 g/mol. The summed E-state index contributed by atoms with van der Waals surface area (Å²) in [6.45, 7) is 0.372. The first kappa shape index (κ1) is 11.1. The summed E-state index contributed by atoms with van der Waals surface area (Å²) < 4.78 is 1.73. The number of hydrogen-bond acceptors (Lipinski definition) is 3. The summed E-state index contributed by atoms with van der Waals surface area (Å²) in [4.78, 5) is 21.3. The van der Waals surface area contributed by atoms with Gasteiger partial charge < -0.3 is 4.57 Å². The van der Waals surface area contributed by atoms with Gasteiger partial charge in [0.05, 0.1) is 11.5 Å². The molecule has 86 valence electrons. The van der Waals surface area contributed by atoms with Crippen molar-refractivity contribution >= 4 is 5.69 Å². The van der Waals surface area contributed by atoms with Crippen LogP contribution in [0.4, 0.5) is 5.69 Å². The molecule has 5 heteroatoms. The fourth-order valence-corrected chi connectivity index (χ4v) is 1.57. The molecule has 0 aliphatic rings. The van der Waals surface area contributed by atoms with Crippen molar-refractivity contribution in [3.8, 4) is 0 Å². The van der Waals surface area contributed by atoms with Crippen LogP contribution in [-0.2, 0) is 6.54 Å². The fourth-order valence-electron chi connectivity index (χ4n) is 1.57. The molecule has 1 heterocycles. The van der Waals surface area contributed by atoms with Crippen LogP contribution < -0.4 is 5.43 Å². The van der Waals surface area contributed by atoms with Crippen molar-refractivity contribution in [2.45, 2.75) is 6.54 Å². The minimum Gasteiger partial charge on any atom is -0.349 e. The van der Waals surface area contributed by atoms with Crippen molar-refractivity contribution in [2.24, 2.45) is 0 Å². The molecule has 0 saturated heterocycles. The van der Waals surface area contributed by atoms with Crippen LogP contribution in [0.15, 0.2) is 53.6 Å². The zero-order valence-corrected chi connectivity index (χ0v) is 8.95. The summed E-state index contributed by atoms with van der Waals surface area (Å²) in [7, 11) is 0. The SMILES string of the molecule is O=c1ccn(Cc2ccccc2[N+](=O)[O-])cc1. The lowest BCUT2D eigenvalue weighted by Crippen LogP contribution is -2.06. The van der Waals surface area contributed by atoms with E-state index in [-0.39, 0.29) is 11.1 Å². The lowest BCUT2D eigenvalue weighted by Gasteiger charge is -2.06. The van der Waals surface area contributed by atoms with Gasteiger partial charge in [-0.15, -0.1) is 0 Å². The van der Waals surface area contributed by atoms with Crippen LogP contribution in [0.1, 0.15) is 5.56 Å². The lowest BCUT2D eigenvalue weighted by atomic mass is 10.2. The number of benzene rings is 1. The Labute approximate surface area is 97.1 Å². The van der Waals surface area contributed by atoms with Crippen LogP contribution in [0.3, 0.4) is 0 Å².